The number of aromatic nitrogens is 2. The second kappa shape index (κ2) is 4.93. The van der Waals surface area contributed by atoms with Crippen molar-refractivity contribution in [3.8, 4) is 5.69 Å². The molecule has 0 radical (unpaired) electrons. The minimum absolute atomic E-state index is 0.0170. The van der Waals surface area contributed by atoms with Gasteiger partial charge in [0.05, 0.1) is 17.4 Å². The number of aryl methyl sites for hydroxylation is 1. The number of carbonyl (C=O) groups excluding carboxylic acids is 1. The van der Waals surface area contributed by atoms with Crippen molar-refractivity contribution in [1.82, 2.24) is 9.55 Å². The first-order chi connectivity index (χ1) is 11.0. The lowest BCUT2D eigenvalue weighted by Gasteiger charge is -2.19. The van der Waals surface area contributed by atoms with Crippen LogP contribution in [-0.4, -0.2) is 21.5 Å². The van der Waals surface area contributed by atoms with Crippen LogP contribution in [-0.2, 0) is 4.79 Å². The molecule has 0 saturated heterocycles. The molecule has 0 spiro atoms. The average molecular weight is 310 g/mol. The van der Waals surface area contributed by atoms with Crippen LogP contribution >= 0.6 is 0 Å². The lowest BCUT2D eigenvalue weighted by Crippen LogP contribution is -2.38. The van der Waals surface area contributed by atoms with E-state index in [2.05, 4.69) is 10.3 Å². The Labute approximate surface area is 135 Å². The number of amides is 1. The van der Waals surface area contributed by atoms with Crippen LogP contribution in [0.4, 0.5) is 5.69 Å². The number of anilines is 1. The van der Waals surface area contributed by atoms with Crippen LogP contribution in [0, 0.1) is 25.2 Å². The Hall–Kier alpha value is -2.14. The minimum atomic E-state index is -0.295. The number of carbonyl (C=O) groups is 1. The van der Waals surface area contributed by atoms with Gasteiger partial charge >= 0.3 is 0 Å². The molecular weight excluding hydrogens is 288 g/mol. The summed E-state index contributed by atoms with van der Waals surface area (Å²) in [7, 11) is 0. The third kappa shape index (κ3) is 2.10. The summed E-state index contributed by atoms with van der Waals surface area (Å²) in [4.78, 5) is 16.9. The van der Waals surface area contributed by atoms with Crippen molar-refractivity contribution < 1.29 is 4.79 Å². The molecule has 1 amide bonds. The van der Waals surface area contributed by atoms with Crippen molar-refractivity contribution in [1.29, 1.82) is 0 Å². The zero-order valence-corrected chi connectivity index (χ0v) is 13.5. The number of nitrogens with two attached hydrogens (primary N) is 1. The number of benzene rings is 1. The fourth-order valence-electron chi connectivity index (χ4n) is 3.96. The number of hydrogen-bond donors (Lipinski definition) is 2. The van der Waals surface area contributed by atoms with Gasteiger partial charge in [-0.25, -0.2) is 4.98 Å². The van der Waals surface area contributed by atoms with Gasteiger partial charge in [0.2, 0.25) is 5.91 Å². The van der Waals surface area contributed by atoms with Gasteiger partial charge in [0, 0.05) is 23.1 Å². The third-order valence-electron chi connectivity index (χ3n) is 5.72. The highest BCUT2D eigenvalue weighted by Crippen LogP contribution is 2.63. The van der Waals surface area contributed by atoms with Gasteiger partial charge in [-0.3, -0.25) is 4.79 Å². The van der Waals surface area contributed by atoms with E-state index in [1.54, 1.807) is 0 Å². The monoisotopic (exact) mass is 310 g/mol. The van der Waals surface area contributed by atoms with Gasteiger partial charge in [-0.15, -0.1) is 0 Å². The Morgan fingerprint density at radius 2 is 2.04 bits per heavy atom. The predicted molar refractivity (Wildman–Crippen MR) is 89.4 cm³/mol. The number of fused-ring (bicyclic) bond motifs is 1. The van der Waals surface area contributed by atoms with Crippen LogP contribution in [0.5, 0.6) is 0 Å². The normalized spacial score (nSPS) is 28.5. The maximum Gasteiger partial charge on any atom is 0.232 e. The molecule has 3 atom stereocenters. The third-order valence-corrected chi connectivity index (χ3v) is 5.72. The molecule has 2 saturated carbocycles. The average Bonchev–Trinajstić information content (AvgIpc) is 3.09. The standard InChI is InChI=1S/C18H22N4O/c1-11-12(2)22(10-20-11)15-6-4-14(5-7-15)21-17(23)18-9-13(18)3-8-16(18)19/h4-7,10,13,16H,3,8-9,19H2,1-2H3,(H,21,23). The second-order valence-corrected chi connectivity index (χ2v) is 6.91. The zero-order valence-electron chi connectivity index (χ0n) is 13.5. The SMILES string of the molecule is Cc1ncn(-c2ccc(NC(=O)C34CC3CCC4N)cc2)c1C. The molecule has 2 aliphatic rings. The predicted octanol–water partition coefficient (Wildman–Crippen LogP) is 2.56. The number of nitrogens with one attached hydrogen (secondary N) is 1. The topological polar surface area (TPSA) is 72.9 Å². The summed E-state index contributed by atoms with van der Waals surface area (Å²) in [6.07, 6.45) is 4.83. The van der Waals surface area contributed by atoms with Crippen LogP contribution in [0.15, 0.2) is 30.6 Å². The molecule has 2 aromatic rings. The van der Waals surface area contributed by atoms with Crippen LogP contribution in [0.1, 0.15) is 30.7 Å². The molecule has 1 heterocycles. The van der Waals surface area contributed by atoms with Crippen LogP contribution < -0.4 is 11.1 Å². The molecule has 1 aromatic heterocycles. The first-order valence-electron chi connectivity index (χ1n) is 8.20. The summed E-state index contributed by atoms with van der Waals surface area (Å²) < 4.78 is 2.05. The first-order valence-corrected chi connectivity index (χ1v) is 8.20. The molecule has 1 aromatic carbocycles. The van der Waals surface area contributed by atoms with E-state index in [4.69, 9.17) is 5.73 Å². The summed E-state index contributed by atoms with van der Waals surface area (Å²) in [6.45, 7) is 4.04. The van der Waals surface area contributed by atoms with Crippen molar-refractivity contribution in [2.75, 3.05) is 5.32 Å². The maximum atomic E-state index is 12.6. The quantitative estimate of drug-likeness (QED) is 0.915. The Kier molecular flexibility index (Phi) is 3.10. The van der Waals surface area contributed by atoms with E-state index in [1.807, 2.05) is 49.0 Å². The molecule has 4 rings (SSSR count). The van der Waals surface area contributed by atoms with Crippen LogP contribution in [0.2, 0.25) is 0 Å². The largest absolute Gasteiger partial charge is 0.327 e. The molecule has 0 aliphatic heterocycles. The molecule has 120 valence electrons. The van der Waals surface area contributed by atoms with Gasteiger partial charge in [-0.2, -0.15) is 0 Å². The fraction of sp³-hybridized carbons (Fsp3) is 0.444. The first kappa shape index (κ1) is 14.5. The molecule has 2 fully saturated rings. The smallest absolute Gasteiger partial charge is 0.232 e. The molecular formula is C18H22N4O. The summed E-state index contributed by atoms with van der Waals surface area (Å²) in [5, 5.41) is 3.05. The van der Waals surface area contributed by atoms with E-state index in [9.17, 15) is 4.79 Å². The van der Waals surface area contributed by atoms with Gasteiger partial charge < -0.3 is 15.6 Å². The summed E-state index contributed by atoms with van der Waals surface area (Å²) >= 11 is 0. The van der Waals surface area contributed by atoms with Crippen molar-refractivity contribution in [3.63, 3.8) is 0 Å². The molecule has 5 nitrogen and oxygen atoms in total. The molecule has 23 heavy (non-hydrogen) atoms. The number of imidazole rings is 1. The highest BCUT2D eigenvalue weighted by atomic mass is 16.2. The molecule has 3 N–H and O–H groups in total. The van der Waals surface area contributed by atoms with E-state index >= 15 is 0 Å². The number of nitrogens with zero attached hydrogens (tertiary/aromatic N) is 2. The minimum Gasteiger partial charge on any atom is -0.327 e. The van der Waals surface area contributed by atoms with Gasteiger partial charge in [0.15, 0.2) is 0 Å². The Balaban J connectivity index is 1.51. The maximum absolute atomic E-state index is 12.6. The van der Waals surface area contributed by atoms with Gasteiger partial charge in [0.1, 0.15) is 0 Å². The van der Waals surface area contributed by atoms with E-state index in [-0.39, 0.29) is 17.4 Å². The lowest BCUT2D eigenvalue weighted by molar-refractivity contribution is -0.121. The Morgan fingerprint density at radius 1 is 1.30 bits per heavy atom. The van der Waals surface area contributed by atoms with Crippen molar-refractivity contribution >= 4 is 11.6 Å². The number of rotatable bonds is 3. The summed E-state index contributed by atoms with van der Waals surface area (Å²) in [6, 6.07) is 7.90. The van der Waals surface area contributed by atoms with Gasteiger partial charge in [0.25, 0.3) is 0 Å². The second-order valence-electron chi connectivity index (χ2n) is 6.91. The van der Waals surface area contributed by atoms with Crippen molar-refractivity contribution in [3.05, 3.63) is 42.0 Å². The van der Waals surface area contributed by atoms with Gasteiger partial charge in [-0.1, -0.05) is 0 Å². The highest BCUT2D eigenvalue weighted by molar-refractivity contribution is 5.98. The van der Waals surface area contributed by atoms with E-state index in [0.717, 1.165) is 42.0 Å². The van der Waals surface area contributed by atoms with E-state index in [1.165, 1.54) is 0 Å². The van der Waals surface area contributed by atoms with E-state index in [0.29, 0.717) is 5.92 Å². The highest BCUT2D eigenvalue weighted by Gasteiger charge is 2.66. The van der Waals surface area contributed by atoms with E-state index < -0.39 is 0 Å². The fourth-order valence-corrected chi connectivity index (χ4v) is 3.96. The summed E-state index contributed by atoms with van der Waals surface area (Å²) in [5.41, 5.74) is 9.88. The molecule has 2 aliphatic carbocycles. The lowest BCUT2D eigenvalue weighted by atomic mass is 9.97. The zero-order chi connectivity index (χ0) is 16.2. The molecule has 3 unspecified atom stereocenters. The Bertz CT molecular complexity index is 764. The van der Waals surface area contributed by atoms with Crippen LogP contribution in [0.3, 0.4) is 0 Å². The number of hydrogen-bond acceptors (Lipinski definition) is 3. The van der Waals surface area contributed by atoms with Crippen LogP contribution in [0.25, 0.3) is 5.69 Å². The van der Waals surface area contributed by atoms with Gasteiger partial charge in [-0.05, 0) is 63.3 Å². The Morgan fingerprint density at radius 3 is 2.57 bits per heavy atom. The summed E-state index contributed by atoms with van der Waals surface area (Å²) in [5.74, 6) is 0.586. The molecule has 0 bridgehead atoms. The van der Waals surface area contributed by atoms with Crippen molar-refractivity contribution in [2.45, 2.75) is 39.2 Å². The van der Waals surface area contributed by atoms with Crippen molar-refractivity contribution in [2.24, 2.45) is 17.1 Å². The molecule has 5 heteroatoms.